The van der Waals surface area contributed by atoms with Crippen LogP contribution in [0.2, 0.25) is 0 Å². The molecule has 1 aliphatic carbocycles. The van der Waals surface area contributed by atoms with Crippen molar-refractivity contribution >= 4 is 11.8 Å². The summed E-state index contributed by atoms with van der Waals surface area (Å²) in [5, 5.41) is 2.74. The Morgan fingerprint density at radius 3 is 2.24 bits per heavy atom. The summed E-state index contributed by atoms with van der Waals surface area (Å²) in [7, 11) is 0. The maximum absolute atomic E-state index is 12.9. The fourth-order valence-corrected chi connectivity index (χ4v) is 3.28. The number of alkyl halides is 3. The predicted molar refractivity (Wildman–Crippen MR) is 70.4 cm³/mol. The van der Waals surface area contributed by atoms with E-state index in [1.165, 1.54) is 6.92 Å². The molecule has 2 amide bonds. The van der Waals surface area contributed by atoms with Gasteiger partial charge in [-0.25, -0.2) is 0 Å². The summed E-state index contributed by atoms with van der Waals surface area (Å²) in [4.78, 5) is 25.8. The van der Waals surface area contributed by atoms with Crippen LogP contribution in [0.3, 0.4) is 0 Å². The van der Waals surface area contributed by atoms with E-state index >= 15 is 0 Å². The SMILES string of the molecule is CCC1(C)C(=O)NC2(CCCCC2)C(=O)N1CC(F)(F)F. The first-order chi connectivity index (χ1) is 9.65. The molecule has 1 aliphatic heterocycles. The van der Waals surface area contributed by atoms with Crippen LogP contribution in [0.1, 0.15) is 52.4 Å². The number of halogens is 3. The van der Waals surface area contributed by atoms with Gasteiger partial charge in [0.1, 0.15) is 17.6 Å². The number of nitrogens with zero attached hydrogens (tertiary/aromatic N) is 1. The number of carbonyl (C=O) groups excluding carboxylic acids is 2. The first-order valence-corrected chi connectivity index (χ1v) is 7.36. The normalized spacial score (nSPS) is 29.7. The lowest BCUT2D eigenvalue weighted by molar-refractivity contribution is -0.188. The van der Waals surface area contributed by atoms with Crippen LogP contribution in [0.25, 0.3) is 0 Å². The van der Waals surface area contributed by atoms with Gasteiger partial charge >= 0.3 is 6.18 Å². The molecule has 0 aromatic rings. The quantitative estimate of drug-likeness (QED) is 0.851. The molecule has 0 aromatic heterocycles. The van der Waals surface area contributed by atoms with E-state index in [1.807, 2.05) is 0 Å². The number of rotatable bonds is 2. The average Bonchev–Trinajstić information content (AvgIpc) is 2.42. The van der Waals surface area contributed by atoms with Crippen LogP contribution in [0.5, 0.6) is 0 Å². The molecule has 1 atom stereocenters. The van der Waals surface area contributed by atoms with Crippen molar-refractivity contribution in [2.24, 2.45) is 0 Å². The van der Waals surface area contributed by atoms with Gasteiger partial charge in [0.05, 0.1) is 0 Å². The van der Waals surface area contributed by atoms with E-state index < -0.39 is 35.6 Å². The van der Waals surface area contributed by atoms with E-state index in [-0.39, 0.29) is 6.42 Å². The minimum absolute atomic E-state index is 0.150. The first-order valence-electron chi connectivity index (χ1n) is 7.36. The van der Waals surface area contributed by atoms with Crippen molar-refractivity contribution in [3.05, 3.63) is 0 Å². The molecule has 0 aromatic carbocycles. The molecule has 2 rings (SSSR count). The molecule has 1 unspecified atom stereocenters. The zero-order chi connectivity index (χ0) is 15.9. The van der Waals surface area contributed by atoms with Crippen molar-refractivity contribution in [1.29, 1.82) is 0 Å². The molecule has 1 spiro atoms. The lowest BCUT2D eigenvalue weighted by atomic mass is 9.76. The zero-order valence-electron chi connectivity index (χ0n) is 12.3. The summed E-state index contributed by atoms with van der Waals surface area (Å²) < 4.78 is 38.6. The smallest absolute Gasteiger partial charge is 0.340 e. The van der Waals surface area contributed by atoms with Crippen LogP contribution >= 0.6 is 0 Å². The second-order valence-electron chi connectivity index (χ2n) is 6.23. The number of carbonyl (C=O) groups is 2. The summed E-state index contributed by atoms with van der Waals surface area (Å²) in [6.07, 6.45) is -1.09. The van der Waals surface area contributed by atoms with Crippen LogP contribution in [0.15, 0.2) is 0 Å². The number of piperazine rings is 1. The highest BCUT2D eigenvalue weighted by atomic mass is 19.4. The van der Waals surface area contributed by atoms with E-state index in [9.17, 15) is 22.8 Å². The van der Waals surface area contributed by atoms with E-state index in [1.54, 1.807) is 6.92 Å². The third-order valence-corrected chi connectivity index (χ3v) is 4.83. The monoisotopic (exact) mass is 306 g/mol. The van der Waals surface area contributed by atoms with Gasteiger partial charge in [-0.15, -0.1) is 0 Å². The molecular formula is C14H21F3N2O2. The topological polar surface area (TPSA) is 49.4 Å². The second kappa shape index (κ2) is 5.18. The van der Waals surface area contributed by atoms with Gasteiger partial charge < -0.3 is 10.2 Å². The van der Waals surface area contributed by atoms with Gasteiger partial charge in [0, 0.05) is 0 Å². The van der Waals surface area contributed by atoms with Crippen LogP contribution in [0.4, 0.5) is 13.2 Å². The van der Waals surface area contributed by atoms with Crippen molar-refractivity contribution in [2.75, 3.05) is 6.54 Å². The highest BCUT2D eigenvalue weighted by molar-refractivity contribution is 6.02. The molecule has 2 fully saturated rings. The first kappa shape index (κ1) is 16.1. The lowest BCUT2D eigenvalue weighted by Crippen LogP contribution is -2.76. The van der Waals surface area contributed by atoms with Crippen LogP contribution in [0, 0.1) is 0 Å². The van der Waals surface area contributed by atoms with Crippen molar-refractivity contribution in [2.45, 2.75) is 69.6 Å². The molecule has 1 saturated carbocycles. The fraction of sp³-hybridized carbons (Fsp3) is 0.857. The Hall–Kier alpha value is -1.27. The molecule has 2 aliphatic rings. The molecule has 7 heteroatoms. The van der Waals surface area contributed by atoms with E-state index in [4.69, 9.17) is 0 Å². The Kier molecular flexibility index (Phi) is 3.97. The standard InChI is InChI=1S/C14H21F3N2O2/c1-3-12(2)10(20)18-13(7-5-4-6-8-13)11(21)19(12)9-14(15,16)17/h3-9H2,1-2H3,(H,18,20). The minimum atomic E-state index is -4.51. The molecule has 0 bridgehead atoms. The van der Waals surface area contributed by atoms with Crippen LogP contribution in [-0.4, -0.2) is 40.5 Å². The van der Waals surface area contributed by atoms with Gasteiger partial charge in [0.2, 0.25) is 11.8 Å². The molecule has 120 valence electrons. The zero-order valence-corrected chi connectivity index (χ0v) is 12.3. The summed E-state index contributed by atoms with van der Waals surface area (Å²) in [6.45, 7) is 1.65. The molecule has 0 radical (unpaired) electrons. The van der Waals surface area contributed by atoms with Gasteiger partial charge in [-0.1, -0.05) is 26.2 Å². The molecule has 21 heavy (non-hydrogen) atoms. The van der Waals surface area contributed by atoms with Crippen molar-refractivity contribution in [1.82, 2.24) is 10.2 Å². The minimum Gasteiger partial charge on any atom is -0.340 e. The van der Waals surface area contributed by atoms with Crippen LogP contribution in [-0.2, 0) is 9.59 Å². The predicted octanol–water partition coefficient (Wildman–Crippen LogP) is 2.38. The largest absolute Gasteiger partial charge is 0.406 e. The third-order valence-electron chi connectivity index (χ3n) is 4.83. The fourth-order valence-electron chi connectivity index (χ4n) is 3.28. The molecule has 1 N–H and O–H groups in total. The van der Waals surface area contributed by atoms with Gasteiger partial charge in [0.25, 0.3) is 0 Å². The summed E-state index contributed by atoms with van der Waals surface area (Å²) >= 11 is 0. The number of nitrogens with one attached hydrogen (secondary N) is 1. The van der Waals surface area contributed by atoms with Crippen molar-refractivity contribution < 1.29 is 22.8 Å². The maximum atomic E-state index is 12.9. The van der Waals surface area contributed by atoms with Crippen molar-refractivity contribution in [3.63, 3.8) is 0 Å². The Morgan fingerprint density at radius 1 is 1.19 bits per heavy atom. The Balaban J connectivity index is 2.38. The Bertz CT molecular complexity index is 444. The molecular weight excluding hydrogens is 285 g/mol. The van der Waals surface area contributed by atoms with Crippen molar-refractivity contribution in [3.8, 4) is 0 Å². The highest BCUT2D eigenvalue weighted by Crippen LogP contribution is 2.38. The van der Waals surface area contributed by atoms with Gasteiger partial charge in [-0.3, -0.25) is 9.59 Å². The van der Waals surface area contributed by atoms with E-state index in [2.05, 4.69) is 5.32 Å². The van der Waals surface area contributed by atoms with Crippen LogP contribution < -0.4 is 5.32 Å². The summed E-state index contributed by atoms with van der Waals surface area (Å²) in [6, 6.07) is 0. The lowest BCUT2D eigenvalue weighted by Gasteiger charge is -2.52. The highest BCUT2D eigenvalue weighted by Gasteiger charge is 2.57. The average molecular weight is 306 g/mol. The third kappa shape index (κ3) is 2.74. The van der Waals surface area contributed by atoms with Gasteiger partial charge in [-0.2, -0.15) is 13.2 Å². The van der Waals surface area contributed by atoms with E-state index in [0.29, 0.717) is 12.8 Å². The molecule has 1 saturated heterocycles. The Morgan fingerprint density at radius 2 is 1.76 bits per heavy atom. The maximum Gasteiger partial charge on any atom is 0.406 e. The number of hydrogen-bond acceptors (Lipinski definition) is 2. The Labute approximate surface area is 122 Å². The number of amides is 2. The van der Waals surface area contributed by atoms with Gasteiger partial charge in [0.15, 0.2) is 0 Å². The summed E-state index contributed by atoms with van der Waals surface area (Å²) in [5.41, 5.74) is -2.56. The van der Waals surface area contributed by atoms with Gasteiger partial charge in [-0.05, 0) is 26.2 Å². The molecule has 1 heterocycles. The summed E-state index contributed by atoms with van der Waals surface area (Å²) in [5.74, 6) is -1.06. The molecule has 4 nitrogen and oxygen atoms in total. The second-order valence-corrected chi connectivity index (χ2v) is 6.23. The number of hydrogen-bond donors (Lipinski definition) is 1. The van der Waals surface area contributed by atoms with E-state index in [0.717, 1.165) is 24.2 Å².